The van der Waals surface area contributed by atoms with Crippen LogP contribution in [0.4, 0.5) is 13.2 Å². The van der Waals surface area contributed by atoms with E-state index in [0.717, 1.165) is 6.07 Å². The normalized spacial score (nSPS) is 27.0. The molecule has 236 valence electrons. The van der Waals surface area contributed by atoms with Crippen LogP contribution in [0, 0.1) is 17.3 Å². The summed E-state index contributed by atoms with van der Waals surface area (Å²) in [6.07, 6.45) is -5.68. The maximum absolute atomic E-state index is 14.8. The first-order valence-corrected chi connectivity index (χ1v) is 13.9. The van der Waals surface area contributed by atoms with Crippen LogP contribution in [0.25, 0.3) is 0 Å². The van der Waals surface area contributed by atoms with Crippen molar-refractivity contribution in [3.8, 4) is 5.75 Å². The summed E-state index contributed by atoms with van der Waals surface area (Å²) < 4.78 is 44.3. The fraction of sp³-hybridized carbons (Fsp3) is 0.567. The van der Waals surface area contributed by atoms with Crippen LogP contribution in [-0.2, 0) is 28.7 Å². The number of likely N-dealkylation sites (N-methyl/N-ethyl adjacent to an activating group) is 1. The zero-order valence-electron chi connectivity index (χ0n) is 25.1. The van der Waals surface area contributed by atoms with E-state index in [1.807, 2.05) is 27.7 Å². The number of allylic oxidation sites excluding steroid dienone is 1. The molecule has 0 fully saturated rings. The molecule has 0 saturated heterocycles. The Balaban J connectivity index is 1.94. The first-order valence-electron chi connectivity index (χ1n) is 13.9. The van der Waals surface area contributed by atoms with E-state index in [-0.39, 0.29) is 30.0 Å². The highest BCUT2D eigenvalue weighted by Crippen LogP contribution is 2.54. The summed E-state index contributed by atoms with van der Waals surface area (Å²) in [5.41, 5.74) is -1.74. The lowest BCUT2D eigenvalue weighted by atomic mass is 9.58. The summed E-state index contributed by atoms with van der Waals surface area (Å²) in [7, 11) is 4.60. The summed E-state index contributed by atoms with van der Waals surface area (Å²) in [5.74, 6) is -9.05. The van der Waals surface area contributed by atoms with E-state index >= 15 is 0 Å². The van der Waals surface area contributed by atoms with E-state index in [9.17, 15) is 48.0 Å². The lowest BCUT2D eigenvalue weighted by molar-refractivity contribution is -0.148. The van der Waals surface area contributed by atoms with Gasteiger partial charge in [0, 0.05) is 24.1 Å². The number of phenolic OH excluding ortho intramolecular Hbond substituents is 1. The Morgan fingerprint density at radius 3 is 2.21 bits per heavy atom. The molecule has 0 saturated carbocycles. The summed E-state index contributed by atoms with van der Waals surface area (Å²) in [4.78, 5) is 42.4. The minimum absolute atomic E-state index is 0.159. The topological polar surface area (TPSA) is 165 Å². The fourth-order valence-electron chi connectivity index (χ4n) is 6.93. The van der Waals surface area contributed by atoms with Crippen LogP contribution in [0.5, 0.6) is 5.75 Å². The maximum Gasteiger partial charge on any atom is 0.417 e. The number of aliphatic hydroxyl groups is 3. The summed E-state index contributed by atoms with van der Waals surface area (Å²) in [6, 6.07) is -0.516. The number of aliphatic hydroxyl groups excluding tert-OH is 2. The molecule has 3 aliphatic carbocycles. The summed E-state index contributed by atoms with van der Waals surface area (Å²) >= 11 is 0. The van der Waals surface area contributed by atoms with Gasteiger partial charge in [-0.05, 0) is 69.4 Å². The number of aromatic hydroxyl groups is 1. The Bertz CT molecular complexity index is 1470. The molecular weight excluding hydrogens is 571 g/mol. The molecule has 0 aliphatic heterocycles. The highest BCUT2D eigenvalue weighted by atomic mass is 19.4. The molecular formula is C30H38F3N3O7. The van der Waals surface area contributed by atoms with Crippen molar-refractivity contribution >= 4 is 17.5 Å². The number of alkyl halides is 3. The van der Waals surface area contributed by atoms with Crippen LogP contribution in [-0.4, -0.2) is 86.5 Å². The molecule has 0 spiro atoms. The van der Waals surface area contributed by atoms with E-state index in [2.05, 4.69) is 0 Å². The number of nitrogens with two attached hydrogens (primary N) is 1. The number of carbonyl (C=O) groups is 3. The van der Waals surface area contributed by atoms with Gasteiger partial charge in [-0.25, -0.2) is 0 Å². The average molecular weight is 610 g/mol. The van der Waals surface area contributed by atoms with Crippen molar-refractivity contribution in [2.24, 2.45) is 23.0 Å². The Kier molecular flexibility index (Phi) is 7.82. The van der Waals surface area contributed by atoms with Crippen molar-refractivity contribution in [1.82, 2.24) is 9.80 Å². The molecule has 3 aliphatic rings. The Hall–Kier alpha value is -3.42. The third-order valence-electron chi connectivity index (χ3n) is 9.42. The van der Waals surface area contributed by atoms with Gasteiger partial charge in [0.15, 0.2) is 11.4 Å². The van der Waals surface area contributed by atoms with Crippen LogP contribution in [0.3, 0.4) is 0 Å². The van der Waals surface area contributed by atoms with Gasteiger partial charge in [-0.3, -0.25) is 24.2 Å². The molecule has 1 amide bonds. The number of Topliss-reactive ketones (excluding diaryl/α,β-unsaturated/α-hetero) is 2. The Labute approximate surface area is 247 Å². The number of nitrogens with zero attached hydrogens (tertiary/aromatic N) is 2. The van der Waals surface area contributed by atoms with E-state index in [1.54, 1.807) is 11.9 Å². The van der Waals surface area contributed by atoms with Crippen LogP contribution in [0.1, 0.15) is 61.2 Å². The van der Waals surface area contributed by atoms with Crippen molar-refractivity contribution in [3.63, 3.8) is 0 Å². The van der Waals surface area contributed by atoms with E-state index in [0.29, 0.717) is 0 Å². The summed E-state index contributed by atoms with van der Waals surface area (Å²) in [6.45, 7) is 7.53. The molecule has 1 aromatic rings. The van der Waals surface area contributed by atoms with Gasteiger partial charge in [0.25, 0.3) is 5.91 Å². The molecule has 0 heterocycles. The van der Waals surface area contributed by atoms with Crippen LogP contribution >= 0.6 is 0 Å². The smallest absolute Gasteiger partial charge is 0.417 e. The number of carbonyl (C=O) groups excluding carboxylic acids is 3. The molecule has 0 unspecified atom stereocenters. The quantitative estimate of drug-likeness (QED) is 0.316. The zero-order valence-corrected chi connectivity index (χ0v) is 25.1. The lowest BCUT2D eigenvalue weighted by Crippen LogP contribution is -2.63. The van der Waals surface area contributed by atoms with Crippen molar-refractivity contribution in [3.05, 3.63) is 51.0 Å². The largest absolute Gasteiger partial charge is 0.510 e. The van der Waals surface area contributed by atoms with Crippen LogP contribution in [0.2, 0.25) is 0 Å². The molecule has 13 heteroatoms. The van der Waals surface area contributed by atoms with Gasteiger partial charge in [0.2, 0.25) is 5.78 Å². The second-order valence-electron chi connectivity index (χ2n) is 13.2. The SMILES string of the molecule is C[C@@H](N(C)Cc1cc(O)c2c(c1C(F)(F)F)C[C@H]1C[C@H]3[C@H](N(C)C)C(O)=C(C(N)=O)C(=O)[C@@]3(O)C(O)=C1C2=O)C(C)(C)C. The number of amides is 1. The minimum Gasteiger partial charge on any atom is -0.510 e. The molecule has 0 aromatic heterocycles. The van der Waals surface area contributed by atoms with Gasteiger partial charge in [-0.15, -0.1) is 0 Å². The predicted molar refractivity (Wildman–Crippen MR) is 149 cm³/mol. The number of phenols is 1. The number of fused-ring (bicyclic) bond motifs is 3. The lowest BCUT2D eigenvalue weighted by Gasteiger charge is -2.50. The highest BCUT2D eigenvalue weighted by Gasteiger charge is 2.63. The third kappa shape index (κ3) is 4.91. The maximum atomic E-state index is 14.8. The van der Waals surface area contributed by atoms with Crippen molar-refractivity contribution < 1.29 is 48.0 Å². The fourth-order valence-corrected chi connectivity index (χ4v) is 6.93. The molecule has 1 aromatic carbocycles. The van der Waals surface area contributed by atoms with Crippen LogP contribution in [0.15, 0.2) is 28.7 Å². The van der Waals surface area contributed by atoms with Crippen molar-refractivity contribution in [2.45, 2.75) is 70.9 Å². The minimum atomic E-state index is -4.91. The van der Waals surface area contributed by atoms with E-state index < -0.39 is 98.7 Å². The average Bonchev–Trinajstić information content (AvgIpc) is 2.83. The number of rotatable bonds is 5. The van der Waals surface area contributed by atoms with Gasteiger partial charge in [0.05, 0.1) is 17.2 Å². The molecule has 5 atom stereocenters. The number of ketones is 2. The van der Waals surface area contributed by atoms with Gasteiger partial charge in [-0.2, -0.15) is 13.2 Å². The van der Waals surface area contributed by atoms with Crippen LogP contribution < -0.4 is 5.73 Å². The number of primary amides is 1. The Morgan fingerprint density at radius 2 is 1.72 bits per heavy atom. The number of hydrogen-bond acceptors (Lipinski definition) is 9. The molecule has 43 heavy (non-hydrogen) atoms. The van der Waals surface area contributed by atoms with Gasteiger partial charge in [-0.1, -0.05) is 20.8 Å². The van der Waals surface area contributed by atoms with Gasteiger partial charge >= 0.3 is 6.18 Å². The summed E-state index contributed by atoms with van der Waals surface area (Å²) in [5, 5.41) is 44.8. The van der Waals surface area contributed by atoms with Crippen molar-refractivity contribution in [2.75, 3.05) is 21.1 Å². The number of hydrogen-bond donors (Lipinski definition) is 5. The first kappa shape index (κ1) is 32.5. The highest BCUT2D eigenvalue weighted by molar-refractivity contribution is 6.24. The second-order valence-corrected chi connectivity index (χ2v) is 13.2. The molecule has 0 bridgehead atoms. The monoisotopic (exact) mass is 609 g/mol. The van der Waals surface area contributed by atoms with E-state index in [1.165, 1.54) is 19.0 Å². The molecule has 4 rings (SSSR count). The molecule has 6 N–H and O–H groups in total. The predicted octanol–water partition coefficient (Wildman–Crippen LogP) is 3.01. The zero-order chi connectivity index (χ0) is 32.7. The van der Waals surface area contributed by atoms with E-state index in [4.69, 9.17) is 5.73 Å². The van der Waals surface area contributed by atoms with Gasteiger partial charge in [0.1, 0.15) is 22.8 Å². The van der Waals surface area contributed by atoms with Gasteiger partial charge < -0.3 is 26.2 Å². The molecule has 0 radical (unpaired) electrons. The third-order valence-corrected chi connectivity index (χ3v) is 9.42. The number of benzene rings is 1. The second kappa shape index (κ2) is 10.3. The first-order chi connectivity index (χ1) is 19.6. The Morgan fingerprint density at radius 1 is 1.14 bits per heavy atom. The number of halogens is 3. The molecule has 10 nitrogen and oxygen atoms in total. The van der Waals surface area contributed by atoms with Crippen molar-refractivity contribution in [1.29, 1.82) is 0 Å². The standard InChI is InChI=1S/C30H38F3N3O7/c1-12(28(2,3)4)36(7)11-14-10-17(37)19-15(21(14)30(31,32)33)8-13-9-16-22(35(5)6)24(39)20(27(34)42)26(41)29(16,43)25(40)18(13)23(19)38/h10,12-13,16,22,37,39-40,43H,8-9,11H2,1-7H3,(H2,34,42)/t12-,13+,16+,22+,29+/m1/s1.